The van der Waals surface area contributed by atoms with Crippen molar-refractivity contribution in [3.05, 3.63) is 65.7 Å². The molecule has 2 aromatic rings. The zero-order valence-corrected chi connectivity index (χ0v) is 17.6. The molecule has 2 rings (SSSR count). The lowest BCUT2D eigenvalue weighted by molar-refractivity contribution is -0.125. The molecule has 0 bridgehead atoms. The standard InChI is InChI=1S/C23H29N3O3/c1-15(2)19(22(29)26-23(3,4)5)25-21(28)17-13-9-10-14-18(17)24-20(27)16-11-7-6-8-12-16/h6-15,19H,1-5H3,(H,24,27)(H,25,28)(H,26,29). The third-order valence-electron chi connectivity index (χ3n) is 4.19. The van der Waals surface area contributed by atoms with E-state index in [2.05, 4.69) is 16.0 Å². The molecule has 0 heterocycles. The molecule has 0 aliphatic heterocycles. The second kappa shape index (κ2) is 9.37. The van der Waals surface area contributed by atoms with E-state index in [0.29, 0.717) is 16.8 Å². The van der Waals surface area contributed by atoms with Crippen LogP contribution >= 0.6 is 0 Å². The third-order valence-corrected chi connectivity index (χ3v) is 4.19. The smallest absolute Gasteiger partial charge is 0.255 e. The van der Waals surface area contributed by atoms with Gasteiger partial charge in [0.25, 0.3) is 11.8 Å². The summed E-state index contributed by atoms with van der Waals surface area (Å²) >= 11 is 0. The van der Waals surface area contributed by atoms with Gasteiger partial charge >= 0.3 is 0 Å². The highest BCUT2D eigenvalue weighted by Gasteiger charge is 2.28. The average molecular weight is 396 g/mol. The fraction of sp³-hybridized carbons (Fsp3) is 0.348. The zero-order chi connectivity index (χ0) is 21.6. The Kier molecular flexibility index (Phi) is 7.15. The summed E-state index contributed by atoms with van der Waals surface area (Å²) in [5, 5.41) is 8.49. The van der Waals surface area contributed by atoms with Crippen LogP contribution in [0.4, 0.5) is 5.69 Å². The third kappa shape index (κ3) is 6.45. The molecule has 0 saturated carbocycles. The molecule has 1 unspecified atom stereocenters. The van der Waals surface area contributed by atoms with E-state index in [1.807, 2.05) is 40.7 Å². The fourth-order valence-corrected chi connectivity index (χ4v) is 2.78. The van der Waals surface area contributed by atoms with Gasteiger partial charge in [0.1, 0.15) is 6.04 Å². The lowest BCUT2D eigenvalue weighted by Gasteiger charge is -2.27. The molecule has 29 heavy (non-hydrogen) atoms. The Morgan fingerprint density at radius 3 is 2.00 bits per heavy atom. The summed E-state index contributed by atoms with van der Waals surface area (Å²) in [5.41, 5.74) is 0.771. The van der Waals surface area contributed by atoms with E-state index in [0.717, 1.165) is 0 Å². The normalized spacial score (nSPS) is 12.2. The Hall–Kier alpha value is -3.15. The Bertz CT molecular complexity index is 870. The zero-order valence-electron chi connectivity index (χ0n) is 17.6. The minimum Gasteiger partial charge on any atom is -0.350 e. The number of carbonyl (C=O) groups is 3. The van der Waals surface area contributed by atoms with Crippen LogP contribution in [0.1, 0.15) is 55.3 Å². The maximum Gasteiger partial charge on any atom is 0.255 e. The maximum absolute atomic E-state index is 12.9. The van der Waals surface area contributed by atoms with Crippen molar-refractivity contribution in [2.75, 3.05) is 5.32 Å². The molecule has 1 atom stereocenters. The molecule has 6 nitrogen and oxygen atoms in total. The van der Waals surface area contributed by atoms with Gasteiger partial charge in [-0.1, -0.05) is 44.2 Å². The van der Waals surface area contributed by atoms with E-state index in [9.17, 15) is 14.4 Å². The van der Waals surface area contributed by atoms with Gasteiger partial charge in [-0.05, 0) is 51.0 Å². The van der Waals surface area contributed by atoms with Crippen LogP contribution in [-0.2, 0) is 4.79 Å². The van der Waals surface area contributed by atoms with Crippen LogP contribution in [0.25, 0.3) is 0 Å². The molecule has 154 valence electrons. The average Bonchev–Trinajstić information content (AvgIpc) is 2.65. The summed E-state index contributed by atoms with van der Waals surface area (Å²) in [6, 6.07) is 14.8. The van der Waals surface area contributed by atoms with Gasteiger partial charge in [0, 0.05) is 11.1 Å². The van der Waals surface area contributed by atoms with Crippen molar-refractivity contribution in [3.8, 4) is 0 Å². The first-order valence-corrected chi connectivity index (χ1v) is 9.67. The summed E-state index contributed by atoms with van der Waals surface area (Å²) in [4.78, 5) is 38.0. The van der Waals surface area contributed by atoms with Crippen molar-refractivity contribution < 1.29 is 14.4 Å². The molecule has 2 aromatic carbocycles. The first kappa shape index (κ1) is 22.1. The molecule has 3 amide bonds. The highest BCUT2D eigenvalue weighted by atomic mass is 16.2. The monoisotopic (exact) mass is 395 g/mol. The predicted molar refractivity (Wildman–Crippen MR) is 115 cm³/mol. The molecular weight excluding hydrogens is 366 g/mol. The van der Waals surface area contributed by atoms with Gasteiger partial charge in [-0.3, -0.25) is 14.4 Å². The van der Waals surface area contributed by atoms with Crippen molar-refractivity contribution in [2.45, 2.75) is 46.2 Å². The minimum absolute atomic E-state index is 0.104. The summed E-state index contributed by atoms with van der Waals surface area (Å²) in [5.74, 6) is -1.08. The second-order valence-electron chi connectivity index (χ2n) is 8.30. The largest absolute Gasteiger partial charge is 0.350 e. The Morgan fingerprint density at radius 2 is 1.41 bits per heavy atom. The highest BCUT2D eigenvalue weighted by molar-refractivity contribution is 6.09. The van der Waals surface area contributed by atoms with E-state index < -0.39 is 17.5 Å². The maximum atomic E-state index is 12.9. The van der Waals surface area contributed by atoms with Gasteiger partial charge < -0.3 is 16.0 Å². The van der Waals surface area contributed by atoms with Crippen LogP contribution < -0.4 is 16.0 Å². The van der Waals surface area contributed by atoms with E-state index in [4.69, 9.17) is 0 Å². The number of hydrogen-bond acceptors (Lipinski definition) is 3. The second-order valence-corrected chi connectivity index (χ2v) is 8.30. The predicted octanol–water partition coefficient (Wildman–Crippen LogP) is 3.61. The van der Waals surface area contributed by atoms with Crippen LogP contribution in [0.5, 0.6) is 0 Å². The number of nitrogens with one attached hydrogen (secondary N) is 3. The van der Waals surface area contributed by atoms with Gasteiger partial charge in [0.15, 0.2) is 0 Å². The van der Waals surface area contributed by atoms with Gasteiger partial charge in [0.2, 0.25) is 5.91 Å². The lowest BCUT2D eigenvalue weighted by atomic mass is 10.0. The lowest BCUT2D eigenvalue weighted by Crippen LogP contribution is -2.54. The number of benzene rings is 2. The first-order chi connectivity index (χ1) is 13.6. The molecule has 0 radical (unpaired) electrons. The van der Waals surface area contributed by atoms with Crippen LogP contribution in [0.3, 0.4) is 0 Å². The number of rotatable bonds is 6. The molecule has 0 aliphatic rings. The number of amides is 3. The number of hydrogen-bond donors (Lipinski definition) is 3. The molecule has 0 aromatic heterocycles. The minimum atomic E-state index is -0.695. The van der Waals surface area contributed by atoms with E-state index >= 15 is 0 Å². The summed E-state index contributed by atoms with van der Waals surface area (Å²) in [7, 11) is 0. The van der Waals surface area contributed by atoms with Gasteiger partial charge in [-0.25, -0.2) is 0 Å². The van der Waals surface area contributed by atoms with Crippen molar-refractivity contribution >= 4 is 23.4 Å². The van der Waals surface area contributed by atoms with Gasteiger partial charge in [0.05, 0.1) is 11.3 Å². The van der Waals surface area contributed by atoms with Crippen molar-refractivity contribution in [1.82, 2.24) is 10.6 Å². The van der Waals surface area contributed by atoms with Crippen LogP contribution in [0.2, 0.25) is 0 Å². The molecule has 0 fully saturated rings. The van der Waals surface area contributed by atoms with Crippen molar-refractivity contribution in [2.24, 2.45) is 5.92 Å². The summed E-state index contributed by atoms with van der Waals surface area (Å²) in [6.07, 6.45) is 0. The van der Waals surface area contributed by atoms with Gasteiger partial charge in [-0.2, -0.15) is 0 Å². The van der Waals surface area contributed by atoms with Crippen molar-refractivity contribution in [1.29, 1.82) is 0 Å². The Morgan fingerprint density at radius 1 is 0.828 bits per heavy atom. The van der Waals surface area contributed by atoms with Crippen LogP contribution in [0.15, 0.2) is 54.6 Å². The topological polar surface area (TPSA) is 87.3 Å². The number of carbonyl (C=O) groups excluding carboxylic acids is 3. The first-order valence-electron chi connectivity index (χ1n) is 9.67. The van der Waals surface area contributed by atoms with Crippen molar-refractivity contribution in [3.63, 3.8) is 0 Å². The Labute approximate surface area is 172 Å². The molecule has 0 spiro atoms. The molecule has 6 heteroatoms. The van der Waals surface area contributed by atoms with E-state index in [1.54, 1.807) is 48.5 Å². The highest BCUT2D eigenvalue weighted by Crippen LogP contribution is 2.17. The fourth-order valence-electron chi connectivity index (χ4n) is 2.78. The Balaban J connectivity index is 2.20. The molecule has 0 saturated heterocycles. The van der Waals surface area contributed by atoms with Crippen LogP contribution in [-0.4, -0.2) is 29.3 Å². The van der Waals surface area contributed by atoms with Crippen LogP contribution in [0, 0.1) is 5.92 Å². The SMILES string of the molecule is CC(C)C(NC(=O)c1ccccc1NC(=O)c1ccccc1)C(=O)NC(C)(C)C. The summed E-state index contributed by atoms with van der Waals surface area (Å²) < 4.78 is 0. The van der Waals surface area contributed by atoms with Gasteiger partial charge in [-0.15, -0.1) is 0 Å². The number of para-hydroxylation sites is 1. The molecule has 3 N–H and O–H groups in total. The van der Waals surface area contributed by atoms with E-state index in [1.165, 1.54) is 0 Å². The number of anilines is 1. The molecular formula is C23H29N3O3. The quantitative estimate of drug-likeness (QED) is 0.698. The molecule has 0 aliphatic carbocycles. The van der Waals surface area contributed by atoms with E-state index in [-0.39, 0.29) is 17.7 Å². The summed E-state index contributed by atoms with van der Waals surface area (Å²) in [6.45, 7) is 9.40.